The molecule has 0 fully saturated rings. The number of nitrogens with zero attached hydrogens (tertiary/aromatic N) is 1. The van der Waals surface area contributed by atoms with E-state index >= 15 is 0 Å². The van der Waals surface area contributed by atoms with Gasteiger partial charge < -0.3 is 48.3 Å². The van der Waals surface area contributed by atoms with Crippen LogP contribution < -0.4 is 33.2 Å². The molecule has 0 bridgehead atoms. The fourth-order valence-electron chi connectivity index (χ4n) is 2.54. The Hall–Kier alpha value is -4.05. The van der Waals surface area contributed by atoms with Crippen molar-refractivity contribution in [2.75, 3.05) is 6.61 Å². The number of carboxylic acid groups (broad SMARTS) is 1. The number of H-pyrrole nitrogens is 1. The minimum atomic E-state index is -1.64. The minimum Gasteiger partial charge on any atom is -0.480 e. The fourth-order valence-corrected chi connectivity index (χ4v) is 2.54. The van der Waals surface area contributed by atoms with Crippen molar-refractivity contribution < 1.29 is 39.0 Å². The Morgan fingerprint density at radius 2 is 1.39 bits per heavy atom. The first kappa shape index (κ1) is 27.0. The smallest absolute Gasteiger partial charge is 0.326 e. The van der Waals surface area contributed by atoms with Crippen LogP contribution in [0.25, 0.3) is 0 Å². The van der Waals surface area contributed by atoms with E-state index in [1.807, 2.05) is 0 Å². The summed E-state index contributed by atoms with van der Waals surface area (Å²) in [6, 6.07) is -6.10. The van der Waals surface area contributed by atoms with Gasteiger partial charge >= 0.3 is 5.97 Å². The molecule has 4 unspecified atom stereocenters. The largest absolute Gasteiger partial charge is 0.480 e. The highest BCUT2D eigenvalue weighted by atomic mass is 16.4. The second kappa shape index (κ2) is 12.7. The van der Waals surface area contributed by atoms with Crippen molar-refractivity contribution in [1.29, 1.82) is 0 Å². The number of carboxylic acids is 1. The molecule has 1 aromatic rings. The van der Waals surface area contributed by atoms with Crippen molar-refractivity contribution in [3.8, 4) is 0 Å². The summed E-state index contributed by atoms with van der Waals surface area (Å²) in [6.45, 7) is -0.754. The van der Waals surface area contributed by atoms with E-state index in [0.717, 1.165) is 0 Å². The van der Waals surface area contributed by atoms with Crippen LogP contribution in [0, 0.1) is 0 Å². The van der Waals surface area contributed by atoms with Gasteiger partial charge in [-0.05, 0) is 0 Å². The molecule has 16 heteroatoms. The average Bonchev–Trinajstić information content (AvgIpc) is 3.23. The molecular formula is C17H26N8O8. The van der Waals surface area contributed by atoms with Crippen LogP contribution >= 0.6 is 0 Å². The molecule has 1 rings (SSSR count). The first-order valence-electron chi connectivity index (χ1n) is 9.48. The Morgan fingerprint density at radius 1 is 0.909 bits per heavy atom. The number of aliphatic hydroxyl groups is 1. The molecular weight excluding hydrogens is 444 g/mol. The van der Waals surface area contributed by atoms with Crippen molar-refractivity contribution in [3.63, 3.8) is 0 Å². The summed E-state index contributed by atoms with van der Waals surface area (Å²) in [6.07, 6.45) is 1.05. The number of aliphatic hydroxyl groups excluding tert-OH is 1. The normalized spacial score (nSPS) is 14.2. The van der Waals surface area contributed by atoms with Gasteiger partial charge in [-0.2, -0.15) is 0 Å². The first-order chi connectivity index (χ1) is 15.4. The van der Waals surface area contributed by atoms with Crippen LogP contribution in [0.5, 0.6) is 0 Å². The Kier molecular flexibility index (Phi) is 10.4. The lowest BCUT2D eigenvalue weighted by Crippen LogP contribution is -2.58. The van der Waals surface area contributed by atoms with E-state index in [9.17, 15) is 33.9 Å². The van der Waals surface area contributed by atoms with Crippen molar-refractivity contribution in [2.45, 2.75) is 43.4 Å². The van der Waals surface area contributed by atoms with E-state index in [2.05, 4.69) is 25.9 Å². The third-order valence-electron chi connectivity index (χ3n) is 4.20. The average molecular weight is 470 g/mol. The second-order valence-corrected chi connectivity index (χ2v) is 6.93. The van der Waals surface area contributed by atoms with Crippen LogP contribution in [0.15, 0.2) is 12.5 Å². The Morgan fingerprint density at radius 3 is 1.79 bits per heavy atom. The van der Waals surface area contributed by atoms with E-state index < -0.39 is 79.1 Å². The number of aromatic nitrogens is 2. The molecule has 0 saturated carbocycles. The highest BCUT2D eigenvalue weighted by Gasteiger charge is 2.32. The summed E-state index contributed by atoms with van der Waals surface area (Å²) in [4.78, 5) is 77.7. The van der Waals surface area contributed by atoms with Crippen LogP contribution in [0.4, 0.5) is 0 Å². The lowest BCUT2D eigenvalue weighted by Gasteiger charge is -2.24. The zero-order chi connectivity index (χ0) is 25.1. The van der Waals surface area contributed by atoms with Gasteiger partial charge in [0.2, 0.25) is 29.5 Å². The summed E-state index contributed by atoms with van der Waals surface area (Å²) >= 11 is 0. The Labute approximate surface area is 186 Å². The van der Waals surface area contributed by atoms with Gasteiger partial charge in [0.05, 0.1) is 25.8 Å². The third kappa shape index (κ3) is 9.32. The van der Waals surface area contributed by atoms with Crippen LogP contribution in [0.1, 0.15) is 18.5 Å². The van der Waals surface area contributed by atoms with Gasteiger partial charge in [0.25, 0.3) is 0 Å². The number of aromatic amines is 1. The summed E-state index contributed by atoms with van der Waals surface area (Å²) in [5.41, 5.74) is 15.9. The summed E-state index contributed by atoms with van der Waals surface area (Å²) in [5, 5.41) is 24.7. The summed E-state index contributed by atoms with van der Waals surface area (Å²) in [5.74, 6) is -6.55. The van der Waals surface area contributed by atoms with Crippen molar-refractivity contribution >= 4 is 35.5 Å². The van der Waals surface area contributed by atoms with Gasteiger partial charge in [-0.25, -0.2) is 9.78 Å². The number of carbonyl (C=O) groups is 6. The maximum Gasteiger partial charge on any atom is 0.326 e. The number of aliphatic carboxylic acids is 1. The molecule has 16 nitrogen and oxygen atoms in total. The highest BCUT2D eigenvalue weighted by Crippen LogP contribution is 2.03. The number of primary amides is 2. The van der Waals surface area contributed by atoms with E-state index in [4.69, 9.17) is 22.3 Å². The van der Waals surface area contributed by atoms with E-state index in [0.29, 0.717) is 5.69 Å². The summed E-state index contributed by atoms with van der Waals surface area (Å²) < 4.78 is 0. The van der Waals surface area contributed by atoms with Gasteiger partial charge in [0.15, 0.2) is 0 Å². The molecule has 0 aliphatic rings. The van der Waals surface area contributed by atoms with E-state index in [1.165, 1.54) is 12.5 Å². The molecule has 0 radical (unpaired) electrons. The van der Waals surface area contributed by atoms with Crippen LogP contribution in [-0.4, -0.2) is 86.5 Å². The Balaban J connectivity index is 2.99. The monoisotopic (exact) mass is 470 g/mol. The quantitative estimate of drug-likeness (QED) is 0.124. The van der Waals surface area contributed by atoms with Gasteiger partial charge in [0.1, 0.15) is 24.2 Å². The molecule has 4 atom stereocenters. The molecule has 0 spiro atoms. The molecule has 0 aliphatic heterocycles. The number of hydrogen-bond acceptors (Lipinski definition) is 9. The number of imidazole rings is 1. The van der Waals surface area contributed by atoms with Gasteiger partial charge in [-0.3, -0.25) is 24.0 Å². The topological polar surface area (TPSA) is 286 Å². The zero-order valence-electron chi connectivity index (χ0n) is 17.3. The number of nitrogens with two attached hydrogens (primary N) is 3. The molecule has 1 heterocycles. The number of rotatable bonds is 14. The number of hydrogen-bond donors (Lipinski definition) is 9. The standard InChI is InChI=1S/C17H26N8O8/c18-8(5-26)14(29)23-9(2-12(19)27)15(30)24-10(3-13(20)28)16(31)25-11(17(32)33)1-7-4-21-6-22-7/h4,6,8-11,26H,1-3,5,18H2,(H2,19,27)(H2,20,28)(H,21,22)(H,23,29)(H,24,30)(H,25,31)(H,32,33). The van der Waals surface area contributed by atoms with Gasteiger partial charge in [-0.15, -0.1) is 0 Å². The predicted octanol–water partition coefficient (Wildman–Crippen LogP) is -5.44. The lowest BCUT2D eigenvalue weighted by molar-refractivity contribution is -0.142. The van der Waals surface area contributed by atoms with Crippen molar-refractivity contribution in [3.05, 3.63) is 18.2 Å². The molecule has 0 aliphatic carbocycles. The van der Waals surface area contributed by atoms with Crippen molar-refractivity contribution in [2.24, 2.45) is 17.2 Å². The van der Waals surface area contributed by atoms with Crippen LogP contribution in [0.3, 0.4) is 0 Å². The van der Waals surface area contributed by atoms with Crippen LogP contribution in [-0.2, 0) is 35.2 Å². The van der Waals surface area contributed by atoms with E-state index in [-0.39, 0.29) is 6.42 Å². The van der Waals surface area contributed by atoms with Gasteiger partial charge in [0, 0.05) is 18.3 Å². The minimum absolute atomic E-state index is 0.183. The predicted molar refractivity (Wildman–Crippen MR) is 108 cm³/mol. The molecule has 5 amide bonds. The first-order valence-corrected chi connectivity index (χ1v) is 9.48. The second-order valence-electron chi connectivity index (χ2n) is 6.93. The van der Waals surface area contributed by atoms with Crippen molar-refractivity contribution in [1.82, 2.24) is 25.9 Å². The maximum atomic E-state index is 12.6. The molecule has 33 heavy (non-hydrogen) atoms. The number of carbonyl (C=O) groups excluding carboxylic acids is 5. The molecule has 182 valence electrons. The highest BCUT2D eigenvalue weighted by molar-refractivity contribution is 5.97. The molecule has 1 aromatic heterocycles. The molecule has 12 N–H and O–H groups in total. The maximum absolute atomic E-state index is 12.6. The number of amides is 5. The lowest BCUT2D eigenvalue weighted by atomic mass is 10.1. The molecule has 0 aromatic carbocycles. The van der Waals surface area contributed by atoms with E-state index in [1.54, 1.807) is 0 Å². The summed E-state index contributed by atoms with van der Waals surface area (Å²) in [7, 11) is 0. The molecule has 0 saturated heterocycles. The van der Waals surface area contributed by atoms with Gasteiger partial charge in [-0.1, -0.05) is 0 Å². The fraction of sp³-hybridized carbons (Fsp3) is 0.471. The zero-order valence-corrected chi connectivity index (χ0v) is 17.3. The number of nitrogens with one attached hydrogen (secondary N) is 4. The Bertz CT molecular complexity index is 874. The third-order valence-corrected chi connectivity index (χ3v) is 4.20. The SMILES string of the molecule is NC(=O)CC(NC(=O)C(N)CO)C(=O)NC(CC(N)=O)C(=O)NC(Cc1cnc[nH]1)C(=O)O. The van der Waals surface area contributed by atoms with Crippen LogP contribution in [0.2, 0.25) is 0 Å².